The van der Waals surface area contributed by atoms with Crippen molar-refractivity contribution < 1.29 is 14.5 Å². The topological polar surface area (TPSA) is 102 Å². The van der Waals surface area contributed by atoms with Gasteiger partial charge in [0.2, 0.25) is 11.8 Å². The van der Waals surface area contributed by atoms with E-state index in [1.54, 1.807) is 0 Å². The average Bonchev–Trinajstić information content (AvgIpc) is 2.27. The second kappa shape index (κ2) is 5.67. The van der Waals surface area contributed by atoms with Crippen molar-refractivity contribution in [2.45, 2.75) is 13.8 Å². The predicted molar refractivity (Wildman–Crippen MR) is 64.1 cm³/mol. The highest BCUT2D eigenvalue weighted by molar-refractivity contribution is 6.11. The number of hydrogen-bond donors (Lipinski definition) is 1. The van der Waals surface area contributed by atoms with Crippen LogP contribution in [0.4, 0.5) is 5.69 Å². The lowest BCUT2D eigenvalue weighted by Gasteiger charge is -2.06. The van der Waals surface area contributed by atoms with Crippen molar-refractivity contribution in [3.63, 3.8) is 0 Å². The summed E-state index contributed by atoms with van der Waals surface area (Å²) in [6.45, 7) is 2.48. The molecular weight excluding hydrogens is 238 g/mol. The van der Waals surface area contributed by atoms with Crippen molar-refractivity contribution in [2.75, 3.05) is 0 Å². The van der Waals surface area contributed by atoms with Crippen LogP contribution >= 0.6 is 0 Å². The molecule has 94 valence electrons. The molecule has 0 unspecified atom stereocenters. The molecule has 0 aliphatic heterocycles. The van der Waals surface area contributed by atoms with Gasteiger partial charge in [-0.1, -0.05) is 12.1 Å². The molecule has 7 heteroatoms. The van der Waals surface area contributed by atoms with Gasteiger partial charge < -0.3 is 5.32 Å². The van der Waals surface area contributed by atoms with Crippen LogP contribution in [-0.4, -0.2) is 22.6 Å². The van der Waals surface area contributed by atoms with Gasteiger partial charge in [0.1, 0.15) is 5.84 Å². The van der Waals surface area contributed by atoms with Gasteiger partial charge in [0.15, 0.2) is 0 Å². The summed E-state index contributed by atoms with van der Waals surface area (Å²) in [6.07, 6.45) is 0. The second-order valence-electron chi connectivity index (χ2n) is 3.47. The Hall–Kier alpha value is -2.57. The largest absolute Gasteiger partial charge is 0.310 e. The van der Waals surface area contributed by atoms with E-state index in [1.165, 1.54) is 38.1 Å². The zero-order valence-corrected chi connectivity index (χ0v) is 9.84. The Morgan fingerprint density at radius 3 is 2.50 bits per heavy atom. The summed E-state index contributed by atoms with van der Waals surface area (Å²) >= 11 is 0. The molecule has 18 heavy (non-hydrogen) atoms. The fourth-order valence-electron chi connectivity index (χ4n) is 1.26. The molecule has 2 amide bonds. The lowest BCUT2D eigenvalue weighted by molar-refractivity contribution is -0.384. The van der Waals surface area contributed by atoms with Gasteiger partial charge in [-0.25, -0.2) is 0 Å². The van der Waals surface area contributed by atoms with Crippen LogP contribution in [0.15, 0.2) is 29.3 Å². The Labute approximate surface area is 103 Å². The van der Waals surface area contributed by atoms with E-state index in [4.69, 9.17) is 0 Å². The average molecular weight is 249 g/mol. The van der Waals surface area contributed by atoms with Gasteiger partial charge in [0, 0.05) is 31.5 Å². The van der Waals surface area contributed by atoms with Gasteiger partial charge in [0.05, 0.1) is 4.92 Å². The van der Waals surface area contributed by atoms with Gasteiger partial charge >= 0.3 is 0 Å². The summed E-state index contributed by atoms with van der Waals surface area (Å²) in [6, 6.07) is 5.51. The number of hydrogen-bond acceptors (Lipinski definition) is 4. The predicted octanol–water partition coefficient (Wildman–Crippen LogP) is 1.02. The molecule has 1 aromatic rings. The SMILES string of the molecule is CC(=O)N=C(NC(C)=O)c1cccc([N+](=O)[O-])c1. The summed E-state index contributed by atoms with van der Waals surface area (Å²) in [7, 11) is 0. The first-order valence-corrected chi connectivity index (χ1v) is 5.02. The molecule has 0 heterocycles. The monoisotopic (exact) mass is 249 g/mol. The molecule has 0 saturated carbocycles. The number of non-ortho nitro benzene ring substituents is 1. The minimum absolute atomic E-state index is 0.00120. The quantitative estimate of drug-likeness (QED) is 0.366. The molecule has 0 radical (unpaired) electrons. The Morgan fingerprint density at radius 2 is 2.00 bits per heavy atom. The number of carbonyl (C=O) groups excluding carboxylic acids is 2. The first kappa shape index (κ1) is 13.5. The van der Waals surface area contributed by atoms with Crippen molar-refractivity contribution >= 4 is 23.3 Å². The van der Waals surface area contributed by atoms with Crippen LogP contribution in [0, 0.1) is 10.1 Å². The molecule has 7 nitrogen and oxygen atoms in total. The van der Waals surface area contributed by atoms with Gasteiger partial charge in [-0.3, -0.25) is 19.7 Å². The maximum Gasteiger partial charge on any atom is 0.270 e. The lowest BCUT2D eigenvalue weighted by Crippen LogP contribution is -2.29. The number of nitrogens with zero attached hydrogens (tertiary/aromatic N) is 2. The van der Waals surface area contributed by atoms with E-state index in [0.29, 0.717) is 5.56 Å². The third-order valence-corrected chi connectivity index (χ3v) is 1.89. The van der Waals surface area contributed by atoms with Crippen molar-refractivity contribution in [1.29, 1.82) is 0 Å². The minimum atomic E-state index is -0.567. The summed E-state index contributed by atoms with van der Waals surface area (Å²) in [4.78, 5) is 35.6. The van der Waals surface area contributed by atoms with E-state index in [9.17, 15) is 19.7 Å². The van der Waals surface area contributed by atoms with E-state index in [2.05, 4.69) is 10.3 Å². The molecule has 0 aromatic heterocycles. The number of nitrogens with one attached hydrogen (secondary N) is 1. The number of aliphatic imine (C=N–C) groups is 1. The maximum absolute atomic E-state index is 11.0. The lowest BCUT2D eigenvalue weighted by atomic mass is 10.2. The number of nitro groups is 1. The van der Waals surface area contributed by atoms with Crippen LogP contribution in [0.5, 0.6) is 0 Å². The summed E-state index contributed by atoms with van der Waals surface area (Å²) in [5.74, 6) is -0.925. The molecule has 1 N–H and O–H groups in total. The molecule has 1 rings (SSSR count). The number of benzene rings is 1. The molecule has 0 aliphatic carbocycles. The van der Waals surface area contributed by atoms with Crippen LogP contribution in [0.25, 0.3) is 0 Å². The van der Waals surface area contributed by atoms with Crippen molar-refractivity contribution in [3.8, 4) is 0 Å². The van der Waals surface area contributed by atoms with Gasteiger partial charge in [-0.15, -0.1) is 0 Å². The normalized spacial score (nSPS) is 10.9. The maximum atomic E-state index is 11.0. The first-order valence-electron chi connectivity index (χ1n) is 5.02. The summed E-state index contributed by atoms with van der Waals surface area (Å²) < 4.78 is 0. The molecule has 0 atom stereocenters. The van der Waals surface area contributed by atoms with E-state index in [0.717, 1.165) is 0 Å². The molecule has 0 saturated heterocycles. The second-order valence-corrected chi connectivity index (χ2v) is 3.47. The van der Waals surface area contributed by atoms with Crippen LogP contribution in [0.2, 0.25) is 0 Å². The molecule has 0 fully saturated rings. The van der Waals surface area contributed by atoms with Crippen molar-refractivity contribution in [2.24, 2.45) is 4.99 Å². The third kappa shape index (κ3) is 3.78. The van der Waals surface area contributed by atoms with Crippen LogP contribution < -0.4 is 5.32 Å². The summed E-state index contributed by atoms with van der Waals surface area (Å²) in [5.41, 5.74) is 0.156. The number of amides is 2. The minimum Gasteiger partial charge on any atom is -0.310 e. The Balaban J connectivity index is 3.20. The number of carbonyl (C=O) groups is 2. The molecule has 0 spiro atoms. The van der Waals surface area contributed by atoms with Gasteiger partial charge in [-0.05, 0) is 0 Å². The number of rotatable bonds is 2. The Morgan fingerprint density at radius 1 is 1.33 bits per heavy atom. The zero-order chi connectivity index (χ0) is 13.7. The summed E-state index contributed by atoms with van der Waals surface area (Å²) in [5, 5.41) is 13.0. The fourth-order valence-corrected chi connectivity index (χ4v) is 1.26. The van der Waals surface area contributed by atoms with Crippen molar-refractivity contribution in [1.82, 2.24) is 5.32 Å². The van der Waals surface area contributed by atoms with Gasteiger partial charge in [0.25, 0.3) is 5.69 Å². The van der Waals surface area contributed by atoms with E-state index in [-0.39, 0.29) is 11.5 Å². The van der Waals surface area contributed by atoms with Crippen LogP contribution in [0.3, 0.4) is 0 Å². The number of amidine groups is 1. The fraction of sp³-hybridized carbons (Fsp3) is 0.182. The molecule has 1 aromatic carbocycles. The first-order chi connectivity index (χ1) is 8.40. The van der Waals surface area contributed by atoms with Crippen LogP contribution in [0.1, 0.15) is 19.4 Å². The highest BCUT2D eigenvalue weighted by atomic mass is 16.6. The Kier molecular flexibility index (Phi) is 4.25. The van der Waals surface area contributed by atoms with E-state index in [1.807, 2.05) is 0 Å². The molecule has 0 bridgehead atoms. The van der Waals surface area contributed by atoms with E-state index >= 15 is 0 Å². The zero-order valence-electron chi connectivity index (χ0n) is 9.84. The number of nitro benzene ring substituents is 1. The van der Waals surface area contributed by atoms with Gasteiger partial charge in [-0.2, -0.15) is 4.99 Å². The standard InChI is InChI=1S/C11H11N3O4/c1-7(15)12-11(13-8(2)16)9-4-3-5-10(6-9)14(17)18/h3-6H,1-2H3,(H,12,13,15,16). The highest BCUT2D eigenvalue weighted by Gasteiger charge is 2.11. The van der Waals surface area contributed by atoms with E-state index < -0.39 is 16.7 Å². The highest BCUT2D eigenvalue weighted by Crippen LogP contribution is 2.13. The molecule has 0 aliphatic rings. The molecular formula is C11H11N3O4. The van der Waals surface area contributed by atoms with Crippen molar-refractivity contribution in [3.05, 3.63) is 39.9 Å². The Bertz CT molecular complexity index is 537. The van der Waals surface area contributed by atoms with Crippen LogP contribution in [-0.2, 0) is 9.59 Å². The smallest absolute Gasteiger partial charge is 0.270 e. The third-order valence-electron chi connectivity index (χ3n) is 1.89.